The fourth-order valence-electron chi connectivity index (χ4n) is 2.11. The Hall–Kier alpha value is -2.08. The van der Waals surface area contributed by atoms with Crippen LogP contribution in [-0.4, -0.2) is 17.2 Å². The molecular formula is C15H14F3NO2. The molecule has 1 atom stereocenters. The Bertz CT molecular complexity index is 641. The number of ether oxygens (including phenoxy) is 1. The second-order valence-electron chi connectivity index (χ2n) is 4.59. The van der Waals surface area contributed by atoms with E-state index in [1.807, 2.05) is 0 Å². The topological polar surface area (TPSA) is 42.4 Å². The van der Waals surface area contributed by atoms with E-state index in [4.69, 9.17) is 4.74 Å². The summed E-state index contributed by atoms with van der Waals surface area (Å²) in [5.41, 5.74) is 0.469. The van der Waals surface area contributed by atoms with Crippen molar-refractivity contribution in [3.05, 3.63) is 58.9 Å². The van der Waals surface area contributed by atoms with Crippen LogP contribution in [0.2, 0.25) is 0 Å². The molecule has 6 heteroatoms. The molecule has 2 aromatic rings. The van der Waals surface area contributed by atoms with Crippen LogP contribution in [0.5, 0.6) is 5.75 Å². The molecule has 0 aliphatic rings. The van der Waals surface area contributed by atoms with Gasteiger partial charge in [-0.1, -0.05) is 6.07 Å². The number of hydrogen-bond donors (Lipinski definition) is 1. The molecule has 2 rings (SSSR count). The third-order valence-electron chi connectivity index (χ3n) is 3.22. The minimum absolute atomic E-state index is 0.358. The van der Waals surface area contributed by atoms with E-state index < -0.39 is 17.8 Å². The molecule has 0 saturated carbocycles. The summed E-state index contributed by atoms with van der Waals surface area (Å²) in [4.78, 5) is 3.88. The Kier molecular flexibility index (Phi) is 4.18. The summed E-state index contributed by atoms with van der Waals surface area (Å²) in [7, 11) is 1.44. The first-order valence-electron chi connectivity index (χ1n) is 6.18. The number of aliphatic hydroxyl groups excluding tert-OH is 1. The SMILES string of the molecule is COc1cnccc1C(O)c1ccc(C(F)(F)F)cc1C. The van der Waals surface area contributed by atoms with Crippen molar-refractivity contribution < 1.29 is 23.0 Å². The van der Waals surface area contributed by atoms with Crippen molar-refractivity contribution in [2.45, 2.75) is 19.2 Å². The molecule has 0 amide bonds. The standard InChI is InChI=1S/C15H14F3NO2/c1-9-7-10(15(16,17)18)3-4-11(9)14(20)12-5-6-19-8-13(12)21-2/h3-8,14,20H,1-2H3. The third-order valence-corrected chi connectivity index (χ3v) is 3.22. The fourth-order valence-corrected chi connectivity index (χ4v) is 2.11. The van der Waals surface area contributed by atoms with Crippen LogP contribution < -0.4 is 4.74 Å². The Morgan fingerprint density at radius 3 is 2.48 bits per heavy atom. The normalized spacial score (nSPS) is 13.0. The van der Waals surface area contributed by atoms with Crippen LogP contribution in [0.1, 0.15) is 28.4 Å². The van der Waals surface area contributed by atoms with Gasteiger partial charge < -0.3 is 9.84 Å². The highest BCUT2D eigenvalue weighted by Crippen LogP contribution is 2.34. The molecule has 0 radical (unpaired) electrons. The molecule has 1 unspecified atom stereocenters. The lowest BCUT2D eigenvalue weighted by molar-refractivity contribution is -0.137. The van der Waals surface area contributed by atoms with Gasteiger partial charge >= 0.3 is 6.18 Å². The maximum absolute atomic E-state index is 12.7. The van der Waals surface area contributed by atoms with Crippen molar-refractivity contribution in [2.24, 2.45) is 0 Å². The van der Waals surface area contributed by atoms with E-state index in [2.05, 4.69) is 4.98 Å². The van der Waals surface area contributed by atoms with Gasteiger partial charge in [0, 0.05) is 11.8 Å². The molecule has 0 aliphatic heterocycles. The summed E-state index contributed by atoms with van der Waals surface area (Å²) >= 11 is 0. The van der Waals surface area contributed by atoms with Crippen LogP contribution in [0, 0.1) is 6.92 Å². The number of aryl methyl sites for hydroxylation is 1. The van der Waals surface area contributed by atoms with E-state index in [0.29, 0.717) is 22.4 Å². The van der Waals surface area contributed by atoms with Gasteiger partial charge in [-0.3, -0.25) is 4.98 Å². The van der Waals surface area contributed by atoms with Crippen molar-refractivity contribution in [2.75, 3.05) is 7.11 Å². The van der Waals surface area contributed by atoms with E-state index in [-0.39, 0.29) is 0 Å². The van der Waals surface area contributed by atoms with E-state index in [9.17, 15) is 18.3 Å². The fraction of sp³-hybridized carbons (Fsp3) is 0.267. The Morgan fingerprint density at radius 2 is 1.90 bits per heavy atom. The molecule has 0 spiro atoms. The average molecular weight is 297 g/mol. The highest BCUT2D eigenvalue weighted by molar-refractivity contribution is 5.42. The van der Waals surface area contributed by atoms with Gasteiger partial charge in [-0.15, -0.1) is 0 Å². The number of aromatic nitrogens is 1. The number of pyridine rings is 1. The number of halogens is 3. The van der Waals surface area contributed by atoms with E-state index >= 15 is 0 Å². The van der Waals surface area contributed by atoms with E-state index in [1.165, 1.54) is 32.5 Å². The molecule has 1 heterocycles. The van der Waals surface area contributed by atoms with E-state index in [1.54, 1.807) is 6.07 Å². The first kappa shape index (κ1) is 15.3. The number of rotatable bonds is 3. The zero-order valence-corrected chi connectivity index (χ0v) is 11.5. The number of alkyl halides is 3. The first-order valence-corrected chi connectivity index (χ1v) is 6.18. The largest absolute Gasteiger partial charge is 0.495 e. The maximum atomic E-state index is 12.7. The van der Waals surface area contributed by atoms with Gasteiger partial charge in [0.1, 0.15) is 11.9 Å². The lowest BCUT2D eigenvalue weighted by Gasteiger charge is -2.18. The summed E-state index contributed by atoms with van der Waals surface area (Å²) < 4.78 is 43.1. The first-order chi connectivity index (χ1) is 9.84. The van der Waals surface area contributed by atoms with Crippen LogP contribution in [-0.2, 0) is 6.18 Å². The second kappa shape index (κ2) is 5.73. The number of benzene rings is 1. The molecule has 0 bridgehead atoms. The molecule has 0 saturated heterocycles. The van der Waals surface area contributed by atoms with Gasteiger partial charge in [-0.25, -0.2) is 0 Å². The zero-order chi connectivity index (χ0) is 15.6. The molecular weight excluding hydrogens is 283 g/mol. The molecule has 112 valence electrons. The molecule has 1 N–H and O–H groups in total. The lowest BCUT2D eigenvalue weighted by atomic mass is 9.96. The average Bonchev–Trinajstić information content (AvgIpc) is 2.45. The molecule has 1 aromatic heterocycles. The summed E-state index contributed by atoms with van der Waals surface area (Å²) in [6.45, 7) is 1.53. The number of hydrogen-bond acceptors (Lipinski definition) is 3. The van der Waals surface area contributed by atoms with Crippen LogP contribution in [0.25, 0.3) is 0 Å². The highest BCUT2D eigenvalue weighted by atomic mass is 19.4. The van der Waals surface area contributed by atoms with Crippen molar-refractivity contribution in [1.82, 2.24) is 4.98 Å². The Labute approximate surface area is 120 Å². The predicted molar refractivity (Wildman–Crippen MR) is 71.0 cm³/mol. The van der Waals surface area contributed by atoms with Gasteiger partial charge in [0.25, 0.3) is 0 Å². The lowest BCUT2D eigenvalue weighted by Crippen LogP contribution is -2.09. The van der Waals surface area contributed by atoms with Crippen molar-refractivity contribution in [3.8, 4) is 5.75 Å². The van der Waals surface area contributed by atoms with Crippen LogP contribution in [0.3, 0.4) is 0 Å². The number of nitrogens with zero attached hydrogens (tertiary/aromatic N) is 1. The van der Waals surface area contributed by atoms with Crippen LogP contribution in [0.15, 0.2) is 36.7 Å². The van der Waals surface area contributed by atoms with Gasteiger partial charge in [-0.05, 0) is 36.2 Å². The van der Waals surface area contributed by atoms with E-state index in [0.717, 1.165) is 12.1 Å². The minimum atomic E-state index is -4.40. The second-order valence-corrected chi connectivity index (χ2v) is 4.59. The maximum Gasteiger partial charge on any atom is 0.416 e. The highest BCUT2D eigenvalue weighted by Gasteiger charge is 2.31. The Morgan fingerprint density at radius 1 is 1.19 bits per heavy atom. The van der Waals surface area contributed by atoms with Crippen molar-refractivity contribution >= 4 is 0 Å². The van der Waals surface area contributed by atoms with Gasteiger partial charge in [0.2, 0.25) is 0 Å². The monoisotopic (exact) mass is 297 g/mol. The molecule has 21 heavy (non-hydrogen) atoms. The quantitative estimate of drug-likeness (QED) is 0.943. The van der Waals surface area contributed by atoms with Crippen molar-refractivity contribution in [3.63, 3.8) is 0 Å². The molecule has 0 aliphatic carbocycles. The van der Waals surface area contributed by atoms with Crippen LogP contribution in [0.4, 0.5) is 13.2 Å². The molecule has 3 nitrogen and oxygen atoms in total. The number of aliphatic hydroxyl groups is 1. The minimum Gasteiger partial charge on any atom is -0.495 e. The van der Waals surface area contributed by atoms with Crippen molar-refractivity contribution in [1.29, 1.82) is 0 Å². The zero-order valence-electron chi connectivity index (χ0n) is 11.5. The third kappa shape index (κ3) is 3.16. The summed E-state index contributed by atoms with van der Waals surface area (Å²) in [6.07, 6.45) is -2.55. The number of methoxy groups -OCH3 is 1. The smallest absolute Gasteiger partial charge is 0.416 e. The summed E-state index contributed by atoms with van der Waals surface area (Å²) in [5.74, 6) is 0.379. The molecule has 0 fully saturated rings. The summed E-state index contributed by atoms with van der Waals surface area (Å²) in [6, 6.07) is 4.83. The predicted octanol–water partition coefficient (Wildman–Crippen LogP) is 3.50. The Balaban J connectivity index is 2.42. The molecule has 1 aromatic carbocycles. The summed E-state index contributed by atoms with van der Waals surface area (Å²) in [5, 5.41) is 10.4. The van der Waals surface area contributed by atoms with Crippen LogP contribution >= 0.6 is 0 Å². The van der Waals surface area contributed by atoms with Gasteiger partial charge in [0.05, 0.1) is 18.9 Å². The van der Waals surface area contributed by atoms with Gasteiger partial charge in [0.15, 0.2) is 0 Å². The van der Waals surface area contributed by atoms with Gasteiger partial charge in [-0.2, -0.15) is 13.2 Å².